The Morgan fingerprint density at radius 3 is 2.42 bits per heavy atom. The molecule has 4 atom stereocenters. The first kappa shape index (κ1) is 23.5. The monoisotopic (exact) mass is 514 g/mol. The highest BCUT2D eigenvalue weighted by Crippen LogP contribution is 2.61. The van der Waals surface area contributed by atoms with Crippen LogP contribution in [0.25, 0.3) is 0 Å². The fourth-order valence-electron chi connectivity index (χ4n) is 7.54. The second-order valence-corrected chi connectivity index (χ2v) is 10.8. The number of carbonyl (C=O) groups excluding carboxylic acids is 4. The molecule has 0 bridgehead atoms. The van der Waals surface area contributed by atoms with Crippen molar-refractivity contribution in [1.82, 2.24) is 9.80 Å². The van der Waals surface area contributed by atoms with Crippen LogP contribution in [-0.4, -0.2) is 78.9 Å². The number of para-hydroxylation sites is 2. The lowest BCUT2D eigenvalue weighted by Crippen LogP contribution is -2.59. The summed E-state index contributed by atoms with van der Waals surface area (Å²) >= 11 is 0. The average molecular weight is 515 g/mol. The van der Waals surface area contributed by atoms with E-state index in [2.05, 4.69) is 4.90 Å². The van der Waals surface area contributed by atoms with E-state index in [1.54, 1.807) is 21.9 Å². The Balaban J connectivity index is 1.35. The molecular formula is C29H30N4O5. The number of carbonyl (C=O) groups is 4. The van der Waals surface area contributed by atoms with Crippen LogP contribution in [0.1, 0.15) is 24.8 Å². The fourth-order valence-corrected chi connectivity index (χ4v) is 7.54. The standard InChI is InChI=1S/C29H30N4O5/c34-23(30-14-16-38-17-15-30)18-31-21-11-5-4-10-20(21)29(28(31)37)25-24(22-12-6-7-13-32(22)29)26(35)33(27(25)36)19-8-2-1-3-9-19/h1-5,8-11,22,24-25H,6-7,12-18H2. The molecule has 9 heteroatoms. The lowest BCUT2D eigenvalue weighted by atomic mass is 9.76. The average Bonchev–Trinajstić information content (AvgIpc) is 3.51. The Hall–Kier alpha value is -3.56. The van der Waals surface area contributed by atoms with Crippen LogP contribution < -0.4 is 9.80 Å². The van der Waals surface area contributed by atoms with Gasteiger partial charge in [0.05, 0.1) is 30.7 Å². The fraction of sp³-hybridized carbons (Fsp3) is 0.448. The summed E-state index contributed by atoms with van der Waals surface area (Å²) in [5, 5.41) is 0. The summed E-state index contributed by atoms with van der Waals surface area (Å²) in [7, 11) is 0. The lowest BCUT2D eigenvalue weighted by molar-refractivity contribution is -0.140. The number of imide groups is 1. The van der Waals surface area contributed by atoms with E-state index in [4.69, 9.17) is 4.74 Å². The minimum atomic E-state index is -1.30. The van der Waals surface area contributed by atoms with Crippen molar-refractivity contribution in [3.8, 4) is 0 Å². The largest absolute Gasteiger partial charge is 0.378 e. The minimum Gasteiger partial charge on any atom is -0.378 e. The van der Waals surface area contributed by atoms with Crippen molar-refractivity contribution in [3.05, 3.63) is 60.2 Å². The number of morpholine rings is 1. The van der Waals surface area contributed by atoms with Crippen molar-refractivity contribution in [2.45, 2.75) is 30.8 Å². The number of benzene rings is 2. The van der Waals surface area contributed by atoms with Crippen LogP contribution in [0.4, 0.5) is 11.4 Å². The number of ether oxygens (including phenoxy) is 1. The van der Waals surface area contributed by atoms with Gasteiger partial charge in [-0.15, -0.1) is 0 Å². The molecule has 38 heavy (non-hydrogen) atoms. The molecule has 5 aliphatic rings. The van der Waals surface area contributed by atoms with Crippen LogP contribution in [0.15, 0.2) is 54.6 Å². The van der Waals surface area contributed by atoms with Gasteiger partial charge in [-0.05, 0) is 37.6 Å². The van der Waals surface area contributed by atoms with Crippen LogP contribution in [0.2, 0.25) is 0 Å². The number of nitrogens with zero attached hydrogens (tertiary/aromatic N) is 4. The summed E-state index contributed by atoms with van der Waals surface area (Å²) in [6.07, 6.45) is 2.60. The van der Waals surface area contributed by atoms with E-state index < -0.39 is 17.4 Å². The van der Waals surface area contributed by atoms with Gasteiger partial charge in [0, 0.05) is 30.4 Å². The Labute approximate surface area is 220 Å². The van der Waals surface area contributed by atoms with E-state index in [9.17, 15) is 19.2 Å². The highest BCUT2D eigenvalue weighted by atomic mass is 16.5. The van der Waals surface area contributed by atoms with Crippen molar-refractivity contribution in [2.75, 3.05) is 49.2 Å². The molecule has 2 aromatic rings. The molecule has 7 rings (SSSR count). The minimum absolute atomic E-state index is 0.0992. The molecule has 5 aliphatic heterocycles. The third-order valence-electron chi connectivity index (χ3n) is 9.07. The summed E-state index contributed by atoms with van der Waals surface area (Å²) in [4.78, 5) is 62.9. The number of fused-ring (bicyclic) bond motifs is 7. The molecule has 0 radical (unpaired) electrons. The van der Waals surface area contributed by atoms with Gasteiger partial charge in [0.1, 0.15) is 12.1 Å². The van der Waals surface area contributed by atoms with Gasteiger partial charge in [0.2, 0.25) is 17.7 Å². The predicted octanol–water partition coefficient (Wildman–Crippen LogP) is 1.76. The first-order chi connectivity index (χ1) is 18.5. The molecule has 0 aromatic heterocycles. The molecule has 4 fully saturated rings. The van der Waals surface area contributed by atoms with E-state index in [-0.39, 0.29) is 36.2 Å². The number of hydrogen-bond donors (Lipinski definition) is 0. The number of anilines is 2. The Morgan fingerprint density at radius 2 is 1.63 bits per heavy atom. The predicted molar refractivity (Wildman–Crippen MR) is 138 cm³/mol. The summed E-state index contributed by atoms with van der Waals surface area (Å²) < 4.78 is 5.39. The quantitative estimate of drug-likeness (QED) is 0.580. The third-order valence-corrected chi connectivity index (χ3v) is 9.07. The molecule has 1 spiro atoms. The van der Waals surface area contributed by atoms with Crippen molar-refractivity contribution < 1.29 is 23.9 Å². The van der Waals surface area contributed by atoms with E-state index >= 15 is 0 Å². The van der Waals surface area contributed by atoms with Crippen LogP contribution in [-0.2, 0) is 29.5 Å². The lowest BCUT2D eigenvalue weighted by Gasteiger charge is -2.42. The maximum Gasteiger partial charge on any atom is 0.253 e. The van der Waals surface area contributed by atoms with E-state index in [0.717, 1.165) is 24.8 Å². The zero-order valence-corrected chi connectivity index (χ0v) is 21.1. The molecule has 0 N–H and O–H groups in total. The number of amides is 4. The maximum atomic E-state index is 14.7. The van der Waals surface area contributed by atoms with Gasteiger partial charge < -0.3 is 14.5 Å². The van der Waals surface area contributed by atoms with Gasteiger partial charge in [-0.25, -0.2) is 4.90 Å². The summed E-state index contributed by atoms with van der Waals surface area (Å²) in [5.74, 6) is -2.41. The van der Waals surface area contributed by atoms with Gasteiger partial charge in [-0.2, -0.15) is 0 Å². The van der Waals surface area contributed by atoms with Crippen molar-refractivity contribution in [2.24, 2.45) is 11.8 Å². The van der Waals surface area contributed by atoms with E-state index in [1.807, 2.05) is 42.5 Å². The van der Waals surface area contributed by atoms with Crippen molar-refractivity contribution in [1.29, 1.82) is 0 Å². The number of rotatable bonds is 3. The molecule has 4 saturated heterocycles. The molecule has 2 aromatic carbocycles. The molecule has 5 heterocycles. The Kier molecular flexibility index (Phi) is 5.42. The summed E-state index contributed by atoms with van der Waals surface area (Å²) in [5.41, 5.74) is 0.624. The highest BCUT2D eigenvalue weighted by Gasteiger charge is 2.75. The molecule has 0 saturated carbocycles. The summed E-state index contributed by atoms with van der Waals surface area (Å²) in [6, 6.07) is 16.3. The molecule has 196 valence electrons. The summed E-state index contributed by atoms with van der Waals surface area (Å²) in [6.45, 7) is 2.47. The highest BCUT2D eigenvalue weighted by molar-refractivity contribution is 6.26. The van der Waals surface area contributed by atoms with Gasteiger partial charge in [0.25, 0.3) is 5.91 Å². The van der Waals surface area contributed by atoms with Gasteiger partial charge in [0.15, 0.2) is 0 Å². The molecule has 4 unspecified atom stereocenters. The van der Waals surface area contributed by atoms with Crippen LogP contribution in [0, 0.1) is 11.8 Å². The topological polar surface area (TPSA) is 90.5 Å². The van der Waals surface area contributed by atoms with Crippen LogP contribution >= 0.6 is 0 Å². The zero-order valence-electron chi connectivity index (χ0n) is 21.1. The first-order valence-corrected chi connectivity index (χ1v) is 13.5. The molecule has 9 nitrogen and oxygen atoms in total. The van der Waals surface area contributed by atoms with Crippen LogP contribution in [0.5, 0.6) is 0 Å². The van der Waals surface area contributed by atoms with E-state index in [1.165, 1.54) is 4.90 Å². The Bertz CT molecular complexity index is 1330. The second-order valence-electron chi connectivity index (χ2n) is 10.8. The SMILES string of the molecule is O=C(CN1C(=O)C2(c3ccccc31)C1C(=O)N(c3ccccc3)C(=O)C1C1CCCCN12)N1CCOCC1. The Morgan fingerprint density at radius 1 is 0.895 bits per heavy atom. The van der Waals surface area contributed by atoms with Gasteiger partial charge in [-0.1, -0.05) is 42.8 Å². The smallest absolute Gasteiger partial charge is 0.253 e. The molecule has 0 aliphatic carbocycles. The van der Waals surface area contributed by atoms with Crippen molar-refractivity contribution in [3.63, 3.8) is 0 Å². The van der Waals surface area contributed by atoms with Crippen LogP contribution in [0.3, 0.4) is 0 Å². The molecule has 4 amide bonds. The zero-order chi connectivity index (χ0) is 26.0. The third kappa shape index (κ3) is 3.06. The van der Waals surface area contributed by atoms with Crippen molar-refractivity contribution >= 4 is 35.0 Å². The van der Waals surface area contributed by atoms with E-state index in [0.29, 0.717) is 44.2 Å². The normalized spacial score (nSPS) is 30.7. The van der Waals surface area contributed by atoms with Gasteiger partial charge in [-0.3, -0.25) is 24.1 Å². The second kappa shape index (κ2) is 8.74. The first-order valence-electron chi connectivity index (χ1n) is 13.5. The maximum absolute atomic E-state index is 14.7. The molecular weight excluding hydrogens is 484 g/mol. The van der Waals surface area contributed by atoms with Gasteiger partial charge >= 0.3 is 0 Å². The number of hydrogen-bond acceptors (Lipinski definition) is 6. The number of piperidine rings is 1.